The Kier molecular flexibility index (Phi) is 49.6. The number of carbonyl (C=O) groups is 2. The molecular weight excluding hydrogens is 755 g/mol. The van der Waals surface area contributed by atoms with Gasteiger partial charge in [-0.05, 0) is 57.8 Å². The first-order valence-electron chi connectivity index (χ1n) is 27.1. The lowest BCUT2D eigenvalue weighted by molar-refractivity contribution is -0.143. The first kappa shape index (κ1) is 59.3. The molecule has 0 fully saturated rings. The van der Waals surface area contributed by atoms with Gasteiger partial charge in [-0.2, -0.15) is 0 Å². The van der Waals surface area contributed by atoms with Crippen LogP contribution in [0.1, 0.15) is 290 Å². The van der Waals surface area contributed by atoms with Crippen molar-refractivity contribution < 1.29 is 24.5 Å². The lowest BCUT2D eigenvalue weighted by atomic mass is 10.0. The summed E-state index contributed by atoms with van der Waals surface area (Å²) in [4.78, 5) is 24.5. The smallest absolute Gasteiger partial charge is 0.305 e. The Morgan fingerprint density at radius 3 is 1.16 bits per heavy atom. The molecule has 0 bridgehead atoms. The lowest BCUT2D eigenvalue weighted by Gasteiger charge is -2.20. The number of hydrogen-bond donors (Lipinski definition) is 3. The second-order valence-corrected chi connectivity index (χ2v) is 18.6. The summed E-state index contributed by atoms with van der Waals surface area (Å²) in [6.07, 6.45) is 60.4. The Morgan fingerprint density at radius 2 is 0.770 bits per heavy atom. The van der Waals surface area contributed by atoms with Crippen LogP contribution in [0, 0.1) is 0 Å². The lowest BCUT2D eigenvalue weighted by Crippen LogP contribution is -2.45. The largest absolute Gasteiger partial charge is 0.466 e. The molecule has 0 aromatic heterocycles. The molecule has 0 aliphatic heterocycles. The predicted octanol–water partition coefficient (Wildman–Crippen LogP) is 16.3. The van der Waals surface area contributed by atoms with E-state index in [1.807, 2.05) is 6.08 Å². The third-order valence-electron chi connectivity index (χ3n) is 12.5. The van der Waals surface area contributed by atoms with Gasteiger partial charge in [-0.3, -0.25) is 9.59 Å². The topological polar surface area (TPSA) is 95.9 Å². The first-order valence-corrected chi connectivity index (χ1v) is 27.1. The fraction of sp³-hybridized carbons (Fsp3) is 0.891. The highest BCUT2D eigenvalue weighted by molar-refractivity contribution is 5.76. The maximum Gasteiger partial charge on any atom is 0.305 e. The van der Waals surface area contributed by atoms with Crippen molar-refractivity contribution in [2.75, 3.05) is 13.2 Å². The highest BCUT2D eigenvalue weighted by Crippen LogP contribution is 2.16. The van der Waals surface area contributed by atoms with Crippen LogP contribution in [0.3, 0.4) is 0 Å². The molecule has 0 aromatic carbocycles. The zero-order chi connectivity index (χ0) is 44.4. The Balaban J connectivity index is 3.45. The molecule has 1 amide bonds. The van der Waals surface area contributed by atoms with Crippen LogP contribution < -0.4 is 5.32 Å². The molecule has 0 saturated carbocycles. The Bertz CT molecular complexity index is 951. The van der Waals surface area contributed by atoms with Crippen LogP contribution in [-0.4, -0.2) is 47.4 Å². The first-order chi connectivity index (χ1) is 30.0. The van der Waals surface area contributed by atoms with E-state index in [-0.39, 0.29) is 18.5 Å². The normalized spacial score (nSPS) is 12.8. The summed E-state index contributed by atoms with van der Waals surface area (Å²) in [5.41, 5.74) is 0. The van der Waals surface area contributed by atoms with Crippen molar-refractivity contribution in [1.29, 1.82) is 0 Å². The minimum Gasteiger partial charge on any atom is -0.466 e. The SMILES string of the molecule is CCCCCCC/C=C\CCCCCCCC(=O)OCCCCCCCCCCCCCCCCCCC(=O)NC(CO)C(O)/C=C/CCCCCCCCCCCCCC. The molecule has 360 valence electrons. The van der Waals surface area contributed by atoms with Crippen LogP contribution in [0.15, 0.2) is 24.3 Å². The number of hydrogen-bond acceptors (Lipinski definition) is 5. The van der Waals surface area contributed by atoms with Crippen LogP contribution in [0.4, 0.5) is 0 Å². The van der Waals surface area contributed by atoms with Gasteiger partial charge in [0.25, 0.3) is 0 Å². The Morgan fingerprint density at radius 1 is 0.443 bits per heavy atom. The van der Waals surface area contributed by atoms with Gasteiger partial charge in [0.1, 0.15) is 0 Å². The van der Waals surface area contributed by atoms with Crippen LogP contribution in [0.2, 0.25) is 0 Å². The van der Waals surface area contributed by atoms with Crippen molar-refractivity contribution in [3.63, 3.8) is 0 Å². The molecule has 2 unspecified atom stereocenters. The average molecular weight is 860 g/mol. The molecule has 3 N–H and O–H groups in total. The molecule has 0 spiro atoms. The van der Waals surface area contributed by atoms with Gasteiger partial charge in [0.15, 0.2) is 0 Å². The predicted molar refractivity (Wildman–Crippen MR) is 264 cm³/mol. The van der Waals surface area contributed by atoms with E-state index in [1.165, 1.54) is 218 Å². The number of rotatable bonds is 50. The highest BCUT2D eigenvalue weighted by atomic mass is 16.5. The zero-order valence-corrected chi connectivity index (χ0v) is 40.9. The van der Waals surface area contributed by atoms with Crippen molar-refractivity contribution in [2.24, 2.45) is 0 Å². The van der Waals surface area contributed by atoms with Gasteiger partial charge < -0.3 is 20.3 Å². The molecule has 2 atom stereocenters. The van der Waals surface area contributed by atoms with E-state index in [9.17, 15) is 19.8 Å². The van der Waals surface area contributed by atoms with E-state index >= 15 is 0 Å². The standard InChI is InChI=1S/C55H105NO5/c1-3-5-7-9-11-13-15-17-23-27-31-35-39-43-47-53(58)52(51-57)56-54(59)48-44-40-36-32-28-24-21-19-20-22-26-30-34-38-42-46-50-61-55(60)49-45-41-37-33-29-25-18-16-14-12-10-8-6-4-2/h16,18,43,47,52-53,57-58H,3-15,17,19-42,44-46,48-51H2,1-2H3,(H,56,59)/b18-16-,47-43+. The number of carbonyl (C=O) groups excluding carboxylic acids is 2. The minimum atomic E-state index is -0.848. The van der Waals surface area contributed by atoms with Gasteiger partial charge in [0.2, 0.25) is 5.91 Å². The van der Waals surface area contributed by atoms with Crippen LogP contribution in [0.25, 0.3) is 0 Å². The summed E-state index contributed by atoms with van der Waals surface area (Å²) in [6.45, 7) is 4.88. The second kappa shape index (κ2) is 51.0. The van der Waals surface area contributed by atoms with Gasteiger partial charge in [-0.15, -0.1) is 0 Å². The van der Waals surface area contributed by atoms with Gasteiger partial charge in [-0.1, -0.05) is 244 Å². The summed E-state index contributed by atoms with van der Waals surface area (Å²) >= 11 is 0. The van der Waals surface area contributed by atoms with E-state index in [2.05, 4.69) is 31.3 Å². The molecule has 0 radical (unpaired) electrons. The number of aliphatic hydroxyl groups excluding tert-OH is 2. The third kappa shape index (κ3) is 47.7. The highest BCUT2D eigenvalue weighted by Gasteiger charge is 2.18. The minimum absolute atomic E-state index is 0.00652. The molecular formula is C55H105NO5. The fourth-order valence-corrected chi connectivity index (χ4v) is 8.27. The Hall–Kier alpha value is -1.66. The van der Waals surface area contributed by atoms with Crippen LogP contribution in [0.5, 0.6) is 0 Å². The zero-order valence-electron chi connectivity index (χ0n) is 40.9. The van der Waals surface area contributed by atoms with E-state index in [1.54, 1.807) is 6.08 Å². The van der Waals surface area contributed by atoms with E-state index in [4.69, 9.17) is 4.74 Å². The number of ether oxygens (including phenoxy) is 1. The van der Waals surface area contributed by atoms with E-state index in [0.29, 0.717) is 19.4 Å². The number of unbranched alkanes of at least 4 members (excludes halogenated alkanes) is 37. The molecule has 0 rings (SSSR count). The molecule has 61 heavy (non-hydrogen) atoms. The van der Waals surface area contributed by atoms with Crippen molar-refractivity contribution >= 4 is 11.9 Å². The Labute approximate surface area is 380 Å². The maximum atomic E-state index is 12.4. The number of allylic oxidation sites excluding steroid dienone is 3. The molecule has 0 saturated heterocycles. The van der Waals surface area contributed by atoms with Crippen LogP contribution in [-0.2, 0) is 14.3 Å². The number of nitrogens with one attached hydrogen (secondary N) is 1. The summed E-state index contributed by atoms with van der Waals surface area (Å²) in [5.74, 6) is -0.0811. The van der Waals surface area contributed by atoms with Crippen molar-refractivity contribution in [3.05, 3.63) is 24.3 Å². The molecule has 0 aliphatic rings. The summed E-state index contributed by atoms with van der Waals surface area (Å²) in [7, 11) is 0. The molecule has 6 heteroatoms. The quantitative estimate of drug-likeness (QED) is 0.0322. The van der Waals surface area contributed by atoms with Crippen molar-refractivity contribution in [3.8, 4) is 0 Å². The molecule has 0 heterocycles. The van der Waals surface area contributed by atoms with Crippen molar-refractivity contribution in [1.82, 2.24) is 5.32 Å². The molecule has 0 aromatic rings. The maximum absolute atomic E-state index is 12.4. The van der Waals surface area contributed by atoms with Gasteiger partial charge in [0, 0.05) is 12.8 Å². The van der Waals surface area contributed by atoms with Gasteiger partial charge in [0.05, 0.1) is 25.4 Å². The average Bonchev–Trinajstić information content (AvgIpc) is 3.26. The van der Waals surface area contributed by atoms with Crippen molar-refractivity contribution in [2.45, 2.75) is 302 Å². The summed E-state index contributed by atoms with van der Waals surface area (Å²) in [6, 6.07) is -0.632. The van der Waals surface area contributed by atoms with Crippen LogP contribution >= 0.6 is 0 Å². The van der Waals surface area contributed by atoms with Gasteiger partial charge >= 0.3 is 5.97 Å². The third-order valence-corrected chi connectivity index (χ3v) is 12.5. The van der Waals surface area contributed by atoms with Gasteiger partial charge in [-0.25, -0.2) is 0 Å². The molecule has 6 nitrogen and oxygen atoms in total. The summed E-state index contributed by atoms with van der Waals surface area (Å²) in [5, 5.41) is 23.1. The molecule has 0 aliphatic carbocycles. The summed E-state index contributed by atoms with van der Waals surface area (Å²) < 4.78 is 5.46. The number of esters is 1. The number of aliphatic hydroxyl groups is 2. The second-order valence-electron chi connectivity index (χ2n) is 18.6. The van der Waals surface area contributed by atoms with E-state index in [0.717, 1.165) is 44.9 Å². The fourth-order valence-electron chi connectivity index (χ4n) is 8.27. The monoisotopic (exact) mass is 860 g/mol. The number of amides is 1. The van der Waals surface area contributed by atoms with E-state index < -0.39 is 12.1 Å².